The molecule has 1 aromatic carbocycles. The number of benzene rings is 1. The summed E-state index contributed by atoms with van der Waals surface area (Å²) in [5.74, 6) is -1.21. The van der Waals surface area contributed by atoms with Crippen LogP contribution >= 0.6 is 0 Å². The quantitative estimate of drug-likeness (QED) is 0.621. The lowest BCUT2D eigenvalue weighted by Gasteiger charge is -2.01. The van der Waals surface area contributed by atoms with Crippen LogP contribution in [0.4, 0.5) is 0 Å². The van der Waals surface area contributed by atoms with Gasteiger partial charge in [-0.15, -0.1) is 0 Å². The van der Waals surface area contributed by atoms with Crippen molar-refractivity contribution in [2.75, 3.05) is 0 Å². The van der Waals surface area contributed by atoms with E-state index in [0.29, 0.717) is 5.58 Å². The molecule has 0 saturated carbocycles. The van der Waals surface area contributed by atoms with Gasteiger partial charge in [0.25, 0.3) is 0 Å². The number of rotatable bonds is 1. The third-order valence-corrected chi connectivity index (χ3v) is 1.70. The molecule has 0 aliphatic carbocycles. The zero-order valence-corrected chi connectivity index (χ0v) is 6.11. The van der Waals surface area contributed by atoms with Gasteiger partial charge < -0.3 is 14.3 Å². The maximum Gasteiger partial charge on any atom is 0.142 e. The van der Waals surface area contributed by atoms with Crippen LogP contribution in [0.1, 0.15) is 10.4 Å². The van der Waals surface area contributed by atoms with Gasteiger partial charge in [-0.05, 0) is 12.1 Å². The largest absolute Gasteiger partial charge is 0.545 e. The van der Waals surface area contributed by atoms with Gasteiger partial charge in [0.2, 0.25) is 0 Å². The molecule has 0 amide bonds. The van der Waals surface area contributed by atoms with E-state index in [-0.39, 0.29) is 5.56 Å². The molecule has 0 unspecified atom stereocenters. The van der Waals surface area contributed by atoms with E-state index >= 15 is 0 Å². The molecule has 60 valence electrons. The Morgan fingerprint density at radius 1 is 1.33 bits per heavy atom. The Balaban J connectivity index is 2.82. The van der Waals surface area contributed by atoms with Crippen molar-refractivity contribution in [2.24, 2.45) is 0 Å². The van der Waals surface area contributed by atoms with Gasteiger partial charge in [-0.25, -0.2) is 0 Å². The zero-order valence-electron chi connectivity index (χ0n) is 6.11. The van der Waals surface area contributed by atoms with Crippen LogP contribution in [-0.2, 0) is 0 Å². The number of carboxylic acid groups (broad SMARTS) is 1. The van der Waals surface area contributed by atoms with E-state index < -0.39 is 5.97 Å². The second-order valence-corrected chi connectivity index (χ2v) is 2.43. The first-order valence-corrected chi connectivity index (χ1v) is 3.46. The monoisotopic (exact) mass is 161 g/mol. The predicted molar refractivity (Wildman–Crippen MR) is 40.5 cm³/mol. The maximum atomic E-state index is 10.5. The molecule has 0 spiro atoms. The van der Waals surface area contributed by atoms with Gasteiger partial charge in [-0.3, -0.25) is 0 Å². The van der Waals surface area contributed by atoms with E-state index in [1.807, 2.05) is 0 Å². The van der Waals surface area contributed by atoms with Gasteiger partial charge in [0, 0.05) is 10.9 Å². The van der Waals surface area contributed by atoms with Crippen molar-refractivity contribution in [1.82, 2.24) is 0 Å². The van der Waals surface area contributed by atoms with Crippen LogP contribution in [0.25, 0.3) is 11.0 Å². The summed E-state index contributed by atoms with van der Waals surface area (Å²) in [5, 5.41) is 11.3. The van der Waals surface area contributed by atoms with Crippen molar-refractivity contribution < 1.29 is 14.3 Å². The number of carbonyl (C=O) groups is 1. The molecular weight excluding hydrogens is 156 g/mol. The number of furan rings is 1. The van der Waals surface area contributed by atoms with Gasteiger partial charge in [0.1, 0.15) is 5.58 Å². The molecule has 2 aromatic rings. The highest BCUT2D eigenvalue weighted by Crippen LogP contribution is 2.18. The number of aromatic carboxylic acids is 1. The molecule has 0 N–H and O–H groups in total. The predicted octanol–water partition coefficient (Wildman–Crippen LogP) is 0.796. The number of carbonyl (C=O) groups excluding carboxylic acids is 1. The van der Waals surface area contributed by atoms with E-state index in [9.17, 15) is 9.90 Å². The van der Waals surface area contributed by atoms with Crippen molar-refractivity contribution >= 4 is 16.9 Å². The molecule has 1 heterocycles. The topological polar surface area (TPSA) is 53.3 Å². The third kappa shape index (κ3) is 0.871. The molecule has 1 aromatic heterocycles. The van der Waals surface area contributed by atoms with Crippen molar-refractivity contribution in [3.8, 4) is 0 Å². The molecule has 0 aliphatic heterocycles. The molecule has 0 atom stereocenters. The van der Waals surface area contributed by atoms with Gasteiger partial charge in [-0.1, -0.05) is 12.1 Å². The van der Waals surface area contributed by atoms with E-state index in [1.54, 1.807) is 18.2 Å². The Morgan fingerprint density at radius 2 is 2.17 bits per heavy atom. The Bertz CT molecular complexity index is 428. The molecule has 0 saturated heterocycles. The van der Waals surface area contributed by atoms with Crippen LogP contribution in [0.15, 0.2) is 34.9 Å². The first kappa shape index (κ1) is 6.91. The number of hydrogen-bond acceptors (Lipinski definition) is 3. The minimum absolute atomic E-state index is 0.0949. The first-order valence-electron chi connectivity index (χ1n) is 3.46. The average Bonchev–Trinajstić information content (AvgIpc) is 2.49. The Labute approximate surface area is 68.2 Å². The lowest BCUT2D eigenvalue weighted by atomic mass is 10.1. The Morgan fingerprint density at radius 3 is 2.92 bits per heavy atom. The summed E-state index contributed by atoms with van der Waals surface area (Å²) in [5.41, 5.74) is 0.468. The highest BCUT2D eigenvalue weighted by molar-refractivity contribution is 5.99. The molecule has 3 heteroatoms. The maximum absolute atomic E-state index is 10.5. The summed E-state index contributed by atoms with van der Waals surface area (Å²) in [4.78, 5) is 10.5. The molecule has 0 aliphatic rings. The van der Waals surface area contributed by atoms with Gasteiger partial charge >= 0.3 is 0 Å². The second kappa shape index (κ2) is 2.37. The SMILES string of the molecule is O=C([O-])c1cccc2ccoc12. The van der Waals surface area contributed by atoms with Gasteiger partial charge in [0.05, 0.1) is 12.2 Å². The summed E-state index contributed by atoms with van der Waals surface area (Å²) in [6, 6.07) is 6.61. The van der Waals surface area contributed by atoms with Crippen molar-refractivity contribution in [3.05, 3.63) is 36.1 Å². The summed E-state index contributed by atoms with van der Waals surface area (Å²) >= 11 is 0. The summed E-state index contributed by atoms with van der Waals surface area (Å²) in [7, 11) is 0. The fourth-order valence-corrected chi connectivity index (χ4v) is 1.15. The molecule has 3 nitrogen and oxygen atoms in total. The lowest BCUT2D eigenvalue weighted by molar-refractivity contribution is -0.254. The minimum Gasteiger partial charge on any atom is -0.545 e. The lowest BCUT2D eigenvalue weighted by Crippen LogP contribution is -2.22. The Kier molecular flexibility index (Phi) is 1.37. The van der Waals surface area contributed by atoms with Gasteiger partial charge in [-0.2, -0.15) is 0 Å². The second-order valence-electron chi connectivity index (χ2n) is 2.43. The smallest absolute Gasteiger partial charge is 0.142 e. The van der Waals surface area contributed by atoms with Crippen LogP contribution in [0.5, 0.6) is 0 Å². The summed E-state index contributed by atoms with van der Waals surface area (Å²) < 4.78 is 4.99. The minimum atomic E-state index is -1.21. The van der Waals surface area contributed by atoms with Crippen LogP contribution in [0.2, 0.25) is 0 Å². The summed E-state index contributed by atoms with van der Waals surface area (Å²) in [6.07, 6.45) is 1.46. The van der Waals surface area contributed by atoms with Gasteiger partial charge in [0.15, 0.2) is 0 Å². The number of para-hydroxylation sites is 1. The average molecular weight is 161 g/mol. The van der Waals surface area contributed by atoms with E-state index in [4.69, 9.17) is 4.42 Å². The Hall–Kier alpha value is -1.77. The van der Waals surface area contributed by atoms with E-state index in [2.05, 4.69) is 0 Å². The highest BCUT2D eigenvalue weighted by atomic mass is 16.4. The standard InChI is InChI=1S/C9H6O3/c10-9(11)7-3-1-2-6-4-5-12-8(6)7/h1-5H,(H,10,11)/p-1. The van der Waals surface area contributed by atoms with E-state index in [0.717, 1.165) is 5.39 Å². The number of fused-ring (bicyclic) bond motifs is 1. The number of hydrogen-bond donors (Lipinski definition) is 0. The van der Waals surface area contributed by atoms with Crippen LogP contribution in [0.3, 0.4) is 0 Å². The fourth-order valence-electron chi connectivity index (χ4n) is 1.15. The van der Waals surface area contributed by atoms with Crippen molar-refractivity contribution in [1.29, 1.82) is 0 Å². The fraction of sp³-hybridized carbons (Fsp3) is 0. The van der Waals surface area contributed by atoms with Crippen LogP contribution < -0.4 is 5.11 Å². The van der Waals surface area contributed by atoms with Crippen molar-refractivity contribution in [3.63, 3.8) is 0 Å². The molecular formula is C9H5O3-. The first-order chi connectivity index (χ1) is 5.79. The molecule has 0 bridgehead atoms. The third-order valence-electron chi connectivity index (χ3n) is 1.70. The van der Waals surface area contributed by atoms with Crippen LogP contribution in [0, 0.1) is 0 Å². The highest BCUT2D eigenvalue weighted by Gasteiger charge is 2.02. The molecule has 12 heavy (non-hydrogen) atoms. The molecule has 0 fully saturated rings. The molecule has 2 rings (SSSR count). The van der Waals surface area contributed by atoms with Crippen LogP contribution in [-0.4, -0.2) is 5.97 Å². The van der Waals surface area contributed by atoms with Crippen molar-refractivity contribution in [2.45, 2.75) is 0 Å². The zero-order chi connectivity index (χ0) is 8.55. The van der Waals surface area contributed by atoms with E-state index in [1.165, 1.54) is 12.3 Å². The summed E-state index contributed by atoms with van der Waals surface area (Å²) in [6.45, 7) is 0. The number of carboxylic acids is 1. The normalized spacial score (nSPS) is 10.3. The molecule has 0 radical (unpaired) electrons.